The van der Waals surface area contributed by atoms with Crippen LogP contribution in [0.3, 0.4) is 0 Å². The third-order valence-corrected chi connectivity index (χ3v) is 7.55. The van der Waals surface area contributed by atoms with Gasteiger partial charge in [0, 0.05) is 37.1 Å². The molecule has 0 radical (unpaired) electrons. The smallest absolute Gasteiger partial charge is 0.319 e. The molecule has 0 saturated carbocycles. The lowest BCUT2D eigenvalue weighted by atomic mass is 10.2. The Balaban J connectivity index is 1.55. The second kappa shape index (κ2) is 9.49. The summed E-state index contributed by atoms with van der Waals surface area (Å²) in [6.45, 7) is 3.63. The summed E-state index contributed by atoms with van der Waals surface area (Å²) in [5.41, 5.74) is 1.43. The van der Waals surface area contributed by atoms with E-state index in [0.29, 0.717) is 31.7 Å². The van der Waals surface area contributed by atoms with Gasteiger partial charge in [0.15, 0.2) is 0 Å². The van der Waals surface area contributed by atoms with Crippen molar-refractivity contribution in [3.63, 3.8) is 0 Å². The Hall–Kier alpha value is -1.97. The van der Waals surface area contributed by atoms with Crippen molar-refractivity contribution in [2.75, 3.05) is 25.0 Å². The fourth-order valence-electron chi connectivity index (χ4n) is 3.09. The van der Waals surface area contributed by atoms with Gasteiger partial charge in [0.25, 0.3) is 0 Å². The van der Waals surface area contributed by atoms with Gasteiger partial charge >= 0.3 is 6.03 Å². The molecule has 0 spiro atoms. The van der Waals surface area contributed by atoms with Crippen LogP contribution in [0, 0.1) is 0 Å². The first-order valence-corrected chi connectivity index (χ1v) is 11.9. The van der Waals surface area contributed by atoms with Gasteiger partial charge in [0.1, 0.15) is 0 Å². The number of benzene rings is 1. The number of aromatic nitrogens is 1. The average molecular weight is 423 g/mol. The zero-order valence-electron chi connectivity index (χ0n) is 16.0. The topological polar surface area (TPSA) is 91.4 Å². The number of sulfonamides is 1. The number of carbonyl (C=O) groups excluding carboxylic acids is 1. The van der Waals surface area contributed by atoms with Crippen molar-refractivity contribution in [1.82, 2.24) is 14.6 Å². The first-order valence-electron chi connectivity index (χ1n) is 9.57. The minimum atomic E-state index is -3.52. The Morgan fingerprint density at radius 2 is 2.04 bits per heavy atom. The van der Waals surface area contributed by atoms with Crippen molar-refractivity contribution < 1.29 is 13.2 Å². The van der Waals surface area contributed by atoms with E-state index in [1.807, 2.05) is 5.38 Å². The van der Waals surface area contributed by atoms with Gasteiger partial charge in [-0.3, -0.25) is 0 Å². The molecule has 2 N–H and O–H groups in total. The van der Waals surface area contributed by atoms with Gasteiger partial charge in [-0.2, -0.15) is 4.31 Å². The molecular formula is C19H26N4O3S2. The number of rotatable bonds is 7. The minimum Gasteiger partial charge on any atom is -0.337 e. The van der Waals surface area contributed by atoms with Gasteiger partial charge < -0.3 is 10.6 Å². The number of anilines is 1. The van der Waals surface area contributed by atoms with E-state index in [9.17, 15) is 13.2 Å². The molecular weight excluding hydrogens is 396 g/mol. The summed E-state index contributed by atoms with van der Waals surface area (Å²) in [6, 6.07) is 6.05. The highest BCUT2D eigenvalue weighted by Gasteiger charge is 2.26. The molecule has 152 valence electrons. The summed E-state index contributed by atoms with van der Waals surface area (Å²) < 4.78 is 27.1. The quantitative estimate of drug-likeness (QED) is 0.717. The molecule has 1 aliphatic rings. The second-order valence-corrected chi connectivity index (χ2v) is 9.59. The van der Waals surface area contributed by atoms with Crippen LogP contribution in [0.4, 0.5) is 10.5 Å². The maximum atomic E-state index is 12.8. The molecule has 1 saturated heterocycles. The van der Waals surface area contributed by atoms with Crippen LogP contribution < -0.4 is 10.6 Å². The van der Waals surface area contributed by atoms with E-state index in [1.165, 1.54) is 10.4 Å². The number of piperidine rings is 1. The third kappa shape index (κ3) is 5.30. The Morgan fingerprint density at radius 1 is 1.25 bits per heavy atom. The number of nitrogens with one attached hydrogen (secondary N) is 2. The standard InChI is InChI=1S/C19H26N4O3S2/c1-2-18-21-16(14-27-18)9-10-20-19(24)22-15-7-6-8-17(13-15)28(25,26)23-11-4-3-5-12-23/h6-8,13-14H,2-5,9-12H2,1H3,(H2,20,22,24). The van der Waals surface area contributed by atoms with Crippen molar-refractivity contribution in [3.8, 4) is 0 Å². The monoisotopic (exact) mass is 422 g/mol. The number of carbonyl (C=O) groups is 1. The average Bonchev–Trinajstić information content (AvgIpc) is 3.17. The number of amides is 2. The molecule has 0 aliphatic carbocycles. The molecule has 1 aliphatic heterocycles. The SMILES string of the molecule is CCc1nc(CCNC(=O)Nc2cccc(S(=O)(=O)N3CCCCC3)c2)cs1. The summed E-state index contributed by atoms with van der Waals surface area (Å²) in [5, 5.41) is 8.59. The maximum absolute atomic E-state index is 12.8. The summed E-state index contributed by atoms with van der Waals surface area (Å²) >= 11 is 1.63. The van der Waals surface area contributed by atoms with E-state index < -0.39 is 10.0 Å². The minimum absolute atomic E-state index is 0.210. The van der Waals surface area contributed by atoms with E-state index >= 15 is 0 Å². The van der Waals surface area contributed by atoms with Crippen molar-refractivity contribution in [2.45, 2.75) is 43.9 Å². The Labute approximate surface area is 170 Å². The molecule has 0 bridgehead atoms. The molecule has 0 unspecified atom stereocenters. The molecule has 28 heavy (non-hydrogen) atoms. The number of thiazole rings is 1. The molecule has 7 nitrogen and oxygen atoms in total. The number of aryl methyl sites for hydroxylation is 1. The lowest BCUT2D eigenvalue weighted by Crippen LogP contribution is -2.35. The molecule has 0 atom stereocenters. The number of hydrogen-bond donors (Lipinski definition) is 2. The normalized spacial score (nSPS) is 15.3. The molecule has 9 heteroatoms. The second-order valence-electron chi connectivity index (χ2n) is 6.71. The maximum Gasteiger partial charge on any atom is 0.319 e. The van der Waals surface area contributed by atoms with E-state index in [4.69, 9.17) is 0 Å². The predicted octanol–water partition coefficient (Wildman–Crippen LogP) is 3.24. The summed E-state index contributed by atoms with van der Waals surface area (Å²) in [4.78, 5) is 16.8. The highest BCUT2D eigenvalue weighted by Crippen LogP contribution is 2.22. The summed E-state index contributed by atoms with van der Waals surface area (Å²) in [6.07, 6.45) is 4.41. The van der Waals surface area contributed by atoms with Gasteiger partial charge in [-0.05, 0) is 37.5 Å². The highest BCUT2D eigenvalue weighted by atomic mass is 32.2. The molecule has 1 aromatic heterocycles. The Kier molecular flexibility index (Phi) is 7.03. The van der Waals surface area contributed by atoms with Crippen LogP contribution in [0.15, 0.2) is 34.5 Å². The lowest BCUT2D eigenvalue weighted by Gasteiger charge is -2.26. The van der Waals surface area contributed by atoms with E-state index in [0.717, 1.165) is 36.4 Å². The van der Waals surface area contributed by atoms with Crippen LogP contribution >= 0.6 is 11.3 Å². The molecule has 1 fully saturated rings. The third-order valence-electron chi connectivity index (χ3n) is 4.61. The Morgan fingerprint density at radius 3 is 2.75 bits per heavy atom. The zero-order chi connectivity index (χ0) is 20.0. The lowest BCUT2D eigenvalue weighted by molar-refractivity contribution is 0.252. The van der Waals surface area contributed by atoms with Crippen LogP contribution in [0.5, 0.6) is 0 Å². The first kappa shape index (κ1) is 20.8. The van der Waals surface area contributed by atoms with Gasteiger partial charge in [-0.1, -0.05) is 19.4 Å². The van der Waals surface area contributed by atoms with Crippen LogP contribution in [-0.2, 0) is 22.9 Å². The highest BCUT2D eigenvalue weighted by molar-refractivity contribution is 7.89. The van der Waals surface area contributed by atoms with Crippen LogP contribution in [0.2, 0.25) is 0 Å². The van der Waals surface area contributed by atoms with Crippen molar-refractivity contribution in [3.05, 3.63) is 40.3 Å². The van der Waals surface area contributed by atoms with E-state index in [-0.39, 0.29) is 10.9 Å². The van der Waals surface area contributed by atoms with Crippen LogP contribution in [0.25, 0.3) is 0 Å². The molecule has 2 aromatic rings. The van der Waals surface area contributed by atoms with Gasteiger partial charge in [0.05, 0.1) is 15.6 Å². The summed E-state index contributed by atoms with van der Waals surface area (Å²) in [5.74, 6) is 0. The first-order chi connectivity index (χ1) is 13.5. The van der Waals surface area contributed by atoms with Gasteiger partial charge in [0.2, 0.25) is 10.0 Å². The molecule has 1 aromatic carbocycles. The van der Waals surface area contributed by atoms with Crippen molar-refractivity contribution >= 4 is 33.1 Å². The number of urea groups is 1. The Bertz CT molecular complexity index is 905. The summed E-state index contributed by atoms with van der Waals surface area (Å²) in [7, 11) is -3.52. The zero-order valence-corrected chi connectivity index (χ0v) is 17.6. The fraction of sp³-hybridized carbons (Fsp3) is 0.474. The largest absolute Gasteiger partial charge is 0.337 e. The van der Waals surface area contributed by atoms with Crippen LogP contribution in [-0.4, -0.2) is 43.4 Å². The van der Waals surface area contributed by atoms with Crippen molar-refractivity contribution in [2.24, 2.45) is 0 Å². The van der Waals surface area contributed by atoms with E-state index in [1.54, 1.807) is 29.5 Å². The molecule has 3 rings (SSSR count). The van der Waals surface area contributed by atoms with Crippen LogP contribution in [0.1, 0.15) is 36.9 Å². The fourth-order valence-corrected chi connectivity index (χ4v) is 5.44. The molecule has 2 amide bonds. The van der Waals surface area contributed by atoms with Gasteiger partial charge in [-0.25, -0.2) is 18.2 Å². The van der Waals surface area contributed by atoms with Crippen molar-refractivity contribution in [1.29, 1.82) is 0 Å². The number of nitrogens with zero attached hydrogens (tertiary/aromatic N) is 2. The van der Waals surface area contributed by atoms with E-state index in [2.05, 4.69) is 22.5 Å². The predicted molar refractivity (Wildman–Crippen MR) is 111 cm³/mol. The van der Waals surface area contributed by atoms with Gasteiger partial charge in [-0.15, -0.1) is 11.3 Å². The number of hydrogen-bond acceptors (Lipinski definition) is 5. The molecule has 2 heterocycles.